The van der Waals surface area contributed by atoms with E-state index in [0.717, 1.165) is 0 Å². The first kappa shape index (κ1) is 14.0. The molecule has 17 heavy (non-hydrogen) atoms. The van der Waals surface area contributed by atoms with E-state index in [1.54, 1.807) is 31.2 Å². The monoisotopic (exact) mass is 256 g/mol. The summed E-state index contributed by atoms with van der Waals surface area (Å²) in [4.78, 5) is 11.5. The summed E-state index contributed by atoms with van der Waals surface area (Å²) in [6, 6.07) is 6.91. The lowest BCUT2D eigenvalue weighted by Gasteiger charge is -2.26. The Labute approximate surface area is 106 Å². The first-order valence-electron chi connectivity index (χ1n) is 5.66. The van der Waals surface area contributed by atoms with Crippen LogP contribution < -0.4 is 0 Å². The van der Waals surface area contributed by atoms with Crippen molar-refractivity contribution in [2.45, 2.75) is 32.3 Å². The molecule has 1 aromatic rings. The Bertz CT molecular complexity index is 392. The van der Waals surface area contributed by atoms with E-state index < -0.39 is 11.6 Å². The third kappa shape index (κ3) is 3.72. The average molecular weight is 257 g/mol. The van der Waals surface area contributed by atoms with Gasteiger partial charge in [0.25, 0.3) is 0 Å². The Hall–Kier alpha value is -1.06. The molecule has 1 aromatic carbocycles. The molecule has 1 unspecified atom stereocenters. The summed E-state index contributed by atoms with van der Waals surface area (Å²) in [5, 5.41) is 11.0. The maximum atomic E-state index is 11.5. The molecule has 0 fully saturated rings. The maximum Gasteiger partial charge on any atom is 0.309 e. The van der Waals surface area contributed by atoms with Gasteiger partial charge in [-0.15, -0.1) is 0 Å². The van der Waals surface area contributed by atoms with Gasteiger partial charge in [-0.25, -0.2) is 0 Å². The second-order valence-electron chi connectivity index (χ2n) is 3.88. The zero-order valence-corrected chi connectivity index (χ0v) is 10.8. The van der Waals surface area contributed by atoms with Crippen molar-refractivity contribution in [2.75, 3.05) is 6.61 Å². The minimum Gasteiger partial charge on any atom is -0.466 e. The fourth-order valence-electron chi connectivity index (χ4n) is 1.66. The molecule has 3 nitrogen and oxygen atoms in total. The van der Waals surface area contributed by atoms with E-state index in [2.05, 4.69) is 0 Å². The van der Waals surface area contributed by atoms with Gasteiger partial charge < -0.3 is 9.84 Å². The predicted molar refractivity (Wildman–Crippen MR) is 66.9 cm³/mol. The molecule has 1 rings (SSSR count). The third-order valence-electron chi connectivity index (χ3n) is 2.69. The first-order chi connectivity index (χ1) is 8.01. The number of carbonyl (C=O) groups is 1. The van der Waals surface area contributed by atoms with E-state index in [-0.39, 0.29) is 6.42 Å². The predicted octanol–water partition coefficient (Wildman–Crippen LogP) is 2.89. The van der Waals surface area contributed by atoms with Gasteiger partial charge in [0.15, 0.2) is 0 Å². The molecule has 0 bridgehead atoms. The van der Waals surface area contributed by atoms with Crippen LogP contribution in [-0.2, 0) is 15.1 Å². The van der Waals surface area contributed by atoms with Crippen LogP contribution in [0.1, 0.15) is 32.3 Å². The van der Waals surface area contributed by atoms with Crippen LogP contribution in [0.2, 0.25) is 5.02 Å². The van der Waals surface area contributed by atoms with Crippen LogP contribution in [0, 0.1) is 0 Å². The van der Waals surface area contributed by atoms with E-state index in [9.17, 15) is 9.90 Å². The number of esters is 1. The molecule has 0 aliphatic heterocycles. The van der Waals surface area contributed by atoms with Crippen molar-refractivity contribution in [3.05, 3.63) is 34.9 Å². The highest BCUT2D eigenvalue weighted by molar-refractivity contribution is 6.30. The Kier molecular flexibility index (Phi) is 4.97. The van der Waals surface area contributed by atoms with Crippen LogP contribution in [0.3, 0.4) is 0 Å². The molecule has 0 aliphatic carbocycles. The minimum absolute atomic E-state index is 0.0579. The molecule has 0 radical (unpaired) electrons. The first-order valence-corrected chi connectivity index (χ1v) is 6.03. The topological polar surface area (TPSA) is 46.5 Å². The number of ether oxygens (including phenoxy) is 1. The van der Waals surface area contributed by atoms with Crippen LogP contribution >= 0.6 is 11.6 Å². The summed E-state index contributed by atoms with van der Waals surface area (Å²) < 4.78 is 4.86. The van der Waals surface area contributed by atoms with E-state index in [1.165, 1.54) is 0 Å². The van der Waals surface area contributed by atoms with Crippen LogP contribution in [0.15, 0.2) is 24.3 Å². The van der Waals surface area contributed by atoms with Crippen molar-refractivity contribution in [2.24, 2.45) is 0 Å². The molecule has 0 saturated carbocycles. The van der Waals surface area contributed by atoms with Gasteiger partial charge in [-0.1, -0.05) is 30.7 Å². The van der Waals surface area contributed by atoms with E-state index in [1.807, 2.05) is 6.92 Å². The molecule has 0 aromatic heterocycles. The molecule has 0 saturated heterocycles. The highest BCUT2D eigenvalue weighted by atomic mass is 35.5. The van der Waals surface area contributed by atoms with Crippen molar-refractivity contribution in [1.29, 1.82) is 0 Å². The van der Waals surface area contributed by atoms with Crippen LogP contribution in [0.25, 0.3) is 0 Å². The zero-order valence-electron chi connectivity index (χ0n) is 10.1. The number of carbonyl (C=O) groups excluding carboxylic acids is 1. The summed E-state index contributed by atoms with van der Waals surface area (Å²) in [5.41, 5.74) is -0.572. The quantitative estimate of drug-likeness (QED) is 0.824. The van der Waals surface area contributed by atoms with Gasteiger partial charge in [0.05, 0.1) is 18.6 Å². The minimum atomic E-state index is -1.21. The van der Waals surface area contributed by atoms with Crippen molar-refractivity contribution in [1.82, 2.24) is 0 Å². The SMILES string of the molecule is CCOC(=O)CC(O)(CC)c1cccc(Cl)c1. The normalized spacial score (nSPS) is 14.1. The molecular formula is C13H17ClO3. The molecule has 0 heterocycles. The Morgan fingerprint density at radius 3 is 2.71 bits per heavy atom. The second-order valence-corrected chi connectivity index (χ2v) is 4.31. The molecule has 4 heteroatoms. The Morgan fingerprint density at radius 2 is 2.18 bits per heavy atom. The van der Waals surface area contributed by atoms with E-state index >= 15 is 0 Å². The molecule has 0 amide bonds. The standard InChI is InChI=1S/C13H17ClO3/c1-3-13(16,9-12(15)17-4-2)10-6-5-7-11(14)8-10/h5-8,16H,3-4,9H2,1-2H3. The van der Waals surface area contributed by atoms with Gasteiger partial charge in [0, 0.05) is 5.02 Å². The highest BCUT2D eigenvalue weighted by Crippen LogP contribution is 2.30. The molecule has 0 spiro atoms. The molecule has 1 N–H and O–H groups in total. The number of benzene rings is 1. The van der Waals surface area contributed by atoms with Gasteiger partial charge in [0.2, 0.25) is 0 Å². The van der Waals surface area contributed by atoms with E-state index in [4.69, 9.17) is 16.3 Å². The van der Waals surface area contributed by atoms with Gasteiger partial charge in [-0.2, -0.15) is 0 Å². The number of halogens is 1. The largest absolute Gasteiger partial charge is 0.466 e. The fourth-order valence-corrected chi connectivity index (χ4v) is 1.85. The van der Waals surface area contributed by atoms with Gasteiger partial charge in [0.1, 0.15) is 0 Å². The van der Waals surface area contributed by atoms with Crippen LogP contribution in [0.4, 0.5) is 0 Å². The summed E-state index contributed by atoms with van der Waals surface area (Å²) in [5.74, 6) is -0.406. The Morgan fingerprint density at radius 1 is 1.47 bits per heavy atom. The van der Waals surface area contributed by atoms with Crippen molar-refractivity contribution in [3.8, 4) is 0 Å². The van der Waals surface area contributed by atoms with Crippen molar-refractivity contribution >= 4 is 17.6 Å². The lowest BCUT2D eigenvalue weighted by Crippen LogP contribution is -2.29. The van der Waals surface area contributed by atoms with Crippen molar-refractivity contribution in [3.63, 3.8) is 0 Å². The molecule has 1 atom stereocenters. The number of aliphatic hydroxyl groups is 1. The molecular weight excluding hydrogens is 240 g/mol. The lowest BCUT2D eigenvalue weighted by molar-refractivity contribution is -0.149. The summed E-state index contributed by atoms with van der Waals surface area (Å²) in [7, 11) is 0. The summed E-state index contributed by atoms with van der Waals surface area (Å²) in [6.45, 7) is 3.87. The highest BCUT2D eigenvalue weighted by Gasteiger charge is 2.31. The number of hydrogen-bond acceptors (Lipinski definition) is 3. The van der Waals surface area contributed by atoms with Crippen molar-refractivity contribution < 1.29 is 14.6 Å². The fraction of sp³-hybridized carbons (Fsp3) is 0.462. The second kappa shape index (κ2) is 6.03. The van der Waals surface area contributed by atoms with Gasteiger partial charge >= 0.3 is 5.97 Å². The van der Waals surface area contributed by atoms with Gasteiger partial charge in [-0.05, 0) is 31.0 Å². The van der Waals surface area contributed by atoms with Crippen LogP contribution in [0.5, 0.6) is 0 Å². The summed E-state index contributed by atoms with van der Waals surface area (Å²) in [6.07, 6.45) is 0.365. The Balaban J connectivity index is 2.91. The summed E-state index contributed by atoms with van der Waals surface area (Å²) >= 11 is 5.88. The van der Waals surface area contributed by atoms with Crippen LogP contribution in [-0.4, -0.2) is 17.7 Å². The van der Waals surface area contributed by atoms with Gasteiger partial charge in [-0.3, -0.25) is 4.79 Å². The maximum absolute atomic E-state index is 11.5. The smallest absolute Gasteiger partial charge is 0.309 e. The number of hydrogen-bond donors (Lipinski definition) is 1. The van der Waals surface area contributed by atoms with E-state index in [0.29, 0.717) is 23.6 Å². The zero-order chi connectivity index (χ0) is 12.9. The average Bonchev–Trinajstić information content (AvgIpc) is 2.29. The number of rotatable bonds is 5. The molecule has 0 aliphatic rings. The molecule has 94 valence electrons. The third-order valence-corrected chi connectivity index (χ3v) is 2.92. The lowest BCUT2D eigenvalue weighted by atomic mass is 9.88.